The van der Waals surface area contributed by atoms with Crippen LogP contribution in [0.3, 0.4) is 0 Å². The first-order valence-corrected chi connectivity index (χ1v) is 10.6. The van der Waals surface area contributed by atoms with Gasteiger partial charge >= 0.3 is 0 Å². The molecule has 156 valence electrons. The second-order valence-electron chi connectivity index (χ2n) is 9.19. The number of hydrogen-bond acceptors (Lipinski definition) is 4. The van der Waals surface area contributed by atoms with Crippen molar-refractivity contribution in [1.82, 2.24) is 9.80 Å². The molecule has 0 radical (unpaired) electrons. The summed E-state index contributed by atoms with van der Waals surface area (Å²) in [5.74, 6) is 1.12. The molecule has 1 heterocycles. The van der Waals surface area contributed by atoms with Crippen molar-refractivity contribution in [2.75, 3.05) is 40.8 Å². The van der Waals surface area contributed by atoms with Gasteiger partial charge in [0.1, 0.15) is 5.75 Å². The number of aliphatic hydroxyl groups is 1. The predicted octanol–water partition coefficient (Wildman–Crippen LogP) is 3.10. The number of likely N-dealkylation sites (tertiary alicyclic amines) is 1. The Labute approximate surface area is 169 Å². The van der Waals surface area contributed by atoms with Gasteiger partial charge in [0.25, 0.3) is 0 Å². The van der Waals surface area contributed by atoms with Crippen LogP contribution >= 0.6 is 0 Å². The van der Waals surface area contributed by atoms with E-state index in [2.05, 4.69) is 9.80 Å². The minimum absolute atomic E-state index is 0.269. The number of rotatable bonds is 6. The quantitative estimate of drug-likeness (QED) is 0.814. The van der Waals surface area contributed by atoms with Crippen molar-refractivity contribution in [3.8, 4) is 5.75 Å². The van der Waals surface area contributed by atoms with Crippen LogP contribution in [0.1, 0.15) is 50.5 Å². The minimum atomic E-state index is -0.528. The number of hydrogen-bond donors (Lipinski definition) is 1. The second kappa shape index (κ2) is 8.83. The van der Waals surface area contributed by atoms with Crippen molar-refractivity contribution < 1.29 is 14.6 Å². The maximum atomic E-state index is 12.6. The van der Waals surface area contributed by atoms with Crippen molar-refractivity contribution in [1.29, 1.82) is 0 Å². The first kappa shape index (κ1) is 21.1. The molecule has 1 aromatic carbocycles. The van der Waals surface area contributed by atoms with Crippen molar-refractivity contribution >= 4 is 5.91 Å². The normalized spacial score (nSPS) is 21.1. The van der Waals surface area contributed by atoms with E-state index in [0.29, 0.717) is 11.8 Å². The lowest BCUT2D eigenvalue weighted by molar-refractivity contribution is -0.135. The molecule has 1 N–H and O–H groups in total. The third-order valence-corrected chi connectivity index (χ3v) is 6.82. The van der Waals surface area contributed by atoms with Gasteiger partial charge in [-0.3, -0.25) is 4.79 Å². The van der Waals surface area contributed by atoms with Crippen LogP contribution in [-0.4, -0.2) is 67.3 Å². The summed E-state index contributed by atoms with van der Waals surface area (Å²) in [6, 6.07) is 7.97. The summed E-state index contributed by atoms with van der Waals surface area (Å²) >= 11 is 0. The molecule has 0 unspecified atom stereocenters. The fraction of sp³-hybridized carbons (Fsp3) is 0.696. The Morgan fingerprint density at radius 2 is 1.68 bits per heavy atom. The molecular weight excluding hydrogens is 352 g/mol. The van der Waals surface area contributed by atoms with E-state index in [4.69, 9.17) is 4.74 Å². The van der Waals surface area contributed by atoms with Gasteiger partial charge in [-0.05, 0) is 82.2 Å². The zero-order chi connectivity index (χ0) is 20.2. The zero-order valence-electron chi connectivity index (χ0n) is 17.7. The highest BCUT2D eigenvalue weighted by Gasteiger charge is 2.43. The average Bonchev–Trinajstić information content (AvgIpc) is 2.69. The van der Waals surface area contributed by atoms with Crippen LogP contribution in [0, 0.1) is 5.41 Å². The molecule has 1 saturated carbocycles. The molecule has 2 aliphatic rings. The fourth-order valence-corrected chi connectivity index (χ4v) is 4.92. The van der Waals surface area contributed by atoms with E-state index >= 15 is 0 Å². The highest BCUT2D eigenvalue weighted by atomic mass is 16.5. The molecule has 1 aliphatic heterocycles. The summed E-state index contributed by atoms with van der Waals surface area (Å²) in [5, 5.41) is 10.8. The van der Waals surface area contributed by atoms with Gasteiger partial charge in [0.05, 0.1) is 12.7 Å². The second-order valence-corrected chi connectivity index (χ2v) is 9.19. The number of likely N-dealkylation sites (N-methyl/N-ethyl adjacent to an activating group) is 1. The largest absolute Gasteiger partial charge is 0.497 e. The highest BCUT2D eigenvalue weighted by molar-refractivity contribution is 5.76. The number of nitrogens with zero attached hydrogens (tertiary/aromatic N) is 2. The Bertz CT molecular complexity index is 638. The third-order valence-electron chi connectivity index (χ3n) is 6.82. The molecule has 2 fully saturated rings. The summed E-state index contributed by atoms with van der Waals surface area (Å²) in [6.07, 6.45) is 7.46. The van der Waals surface area contributed by atoms with Crippen LogP contribution in [-0.2, 0) is 11.2 Å². The molecule has 0 aromatic heterocycles. The molecular formula is C23H36N2O3. The molecule has 0 atom stereocenters. The molecule has 5 heteroatoms. The van der Waals surface area contributed by atoms with Gasteiger partial charge in [-0.15, -0.1) is 0 Å². The standard InChI is InChI=1S/C23H36N2O3/c1-24(2)18-23(27)12-10-22(11-13-23)14-16-25(17-15-22)21(26)9-6-19-4-7-20(28-3)8-5-19/h4-5,7-8,27H,6,9-18H2,1-3H3. The van der Waals surface area contributed by atoms with Gasteiger partial charge < -0.3 is 19.6 Å². The lowest BCUT2D eigenvalue weighted by atomic mass is 9.64. The SMILES string of the molecule is COc1ccc(CCC(=O)N2CCC3(CC2)CCC(O)(CN(C)C)CC3)cc1. The molecule has 1 aromatic rings. The lowest BCUT2D eigenvalue weighted by Gasteiger charge is -2.49. The van der Waals surface area contributed by atoms with Crippen molar-refractivity contribution in [3.63, 3.8) is 0 Å². The van der Waals surface area contributed by atoms with E-state index in [0.717, 1.165) is 70.3 Å². The van der Waals surface area contributed by atoms with E-state index in [1.165, 1.54) is 5.56 Å². The molecule has 28 heavy (non-hydrogen) atoms. The molecule has 1 saturated heterocycles. The summed E-state index contributed by atoms with van der Waals surface area (Å²) in [4.78, 5) is 16.8. The number of methoxy groups -OCH3 is 1. The number of benzene rings is 1. The van der Waals surface area contributed by atoms with Crippen LogP contribution in [0.15, 0.2) is 24.3 Å². The average molecular weight is 389 g/mol. The smallest absolute Gasteiger partial charge is 0.222 e. The number of aryl methyl sites for hydroxylation is 1. The number of carbonyl (C=O) groups is 1. The van der Waals surface area contributed by atoms with E-state index in [1.807, 2.05) is 38.4 Å². The minimum Gasteiger partial charge on any atom is -0.497 e. The van der Waals surface area contributed by atoms with Gasteiger partial charge in [-0.2, -0.15) is 0 Å². The lowest BCUT2D eigenvalue weighted by Crippen LogP contribution is -2.49. The summed E-state index contributed by atoms with van der Waals surface area (Å²) in [7, 11) is 5.72. The molecule has 3 rings (SSSR count). The maximum absolute atomic E-state index is 12.6. The number of amides is 1. The fourth-order valence-electron chi connectivity index (χ4n) is 4.92. The van der Waals surface area contributed by atoms with Gasteiger partial charge in [0, 0.05) is 26.1 Å². The van der Waals surface area contributed by atoms with Gasteiger partial charge in [-0.1, -0.05) is 12.1 Å². The van der Waals surface area contributed by atoms with Gasteiger partial charge in [0.2, 0.25) is 5.91 Å². The highest BCUT2D eigenvalue weighted by Crippen LogP contribution is 2.47. The van der Waals surface area contributed by atoms with E-state index in [-0.39, 0.29) is 5.91 Å². The van der Waals surface area contributed by atoms with E-state index < -0.39 is 5.60 Å². The number of piperidine rings is 1. The van der Waals surface area contributed by atoms with Gasteiger partial charge in [-0.25, -0.2) is 0 Å². The first-order chi connectivity index (χ1) is 13.3. The Morgan fingerprint density at radius 3 is 2.21 bits per heavy atom. The van der Waals surface area contributed by atoms with Crippen LogP contribution in [0.2, 0.25) is 0 Å². The van der Waals surface area contributed by atoms with Crippen LogP contribution < -0.4 is 4.74 Å². The summed E-state index contributed by atoms with van der Waals surface area (Å²) in [6.45, 7) is 2.49. The van der Waals surface area contributed by atoms with Crippen LogP contribution in [0.5, 0.6) is 5.75 Å². The van der Waals surface area contributed by atoms with E-state index in [1.54, 1.807) is 7.11 Å². The first-order valence-electron chi connectivity index (χ1n) is 10.6. The zero-order valence-corrected chi connectivity index (χ0v) is 17.7. The van der Waals surface area contributed by atoms with E-state index in [9.17, 15) is 9.90 Å². The van der Waals surface area contributed by atoms with Gasteiger partial charge in [0.15, 0.2) is 0 Å². The van der Waals surface area contributed by atoms with Crippen LogP contribution in [0.4, 0.5) is 0 Å². The molecule has 1 spiro atoms. The molecule has 5 nitrogen and oxygen atoms in total. The Kier molecular flexibility index (Phi) is 6.66. The Balaban J connectivity index is 1.44. The monoisotopic (exact) mass is 388 g/mol. The topological polar surface area (TPSA) is 53.0 Å². The van der Waals surface area contributed by atoms with Crippen molar-refractivity contribution in [2.24, 2.45) is 5.41 Å². The molecule has 0 bridgehead atoms. The Morgan fingerprint density at radius 1 is 1.07 bits per heavy atom. The third kappa shape index (κ3) is 5.26. The predicted molar refractivity (Wildman–Crippen MR) is 112 cm³/mol. The van der Waals surface area contributed by atoms with Crippen LogP contribution in [0.25, 0.3) is 0 Å². The number of ether oxygens (including phenoxy) is 1. The molecule has 1 aliphatic carbocycles. The van der Waals surface area contributed by atoms with Crippen molar-refractivity contribution in [2.45, 2.75) is 57.0 Å². The molecule has 1 amide bonds. The maximum Gasteiger partial charge on any atom is 0.222 e. The summed E-state index contributed by atoms with van der Waals surface area (Å²) in [5.41, 5.74) is 0.987. The Hall–Kier alpha value is -1.59. The summed E-state index contributed by atoms with van der Waals surface area (Å²) < 4.78 is 5.18. The number of carbonyl (C=O) groups excluding carboxylic acids is 1. The van der Waals surface area contributed by atoms with Crippen molar-refractivity contribution in [3.05, 3.63) is 29.8 Å².